The van der Waals surface area contributed by atoms with Gasteiger partial charge in [-0.2, -0.15) is 4.80 Å². The highest BCUT2D eigenvalue weighted by atomic mass is 19.1. The van der Waals surface area contributed by atoms with Crippen molar-refractivity contribution in [2.45, 2.75) is 57.8 Å². The van der Waals surface area contributed by atoms with E-state index in [1.807, 2.05) is 0 Å². The summed E-state index contributed by atoms with van der Waals surface area (Å²) in [6, 6.07) is 11.8. The second-order valence-electron chi connectivity index (χ2n) is 9.07. The number of amides is 2. The molecule has 10 nitrogen and oxygen atoms in total. The predicted octanol–water partition coefficient (Wildman–Crippen LogP) is 3.80. The molecule has 3 heterocycles. The zero-order valence-corrected chi connectivity index (χ0v) is 20.3. The van der Waals surface area contributed by atoms with Gasteiger partial charge in [0, 0.05) is 18.2 Å². The number of nitrogens with one attached hydrogen (secondary N) is 1. The molecule has 0 unspecified atom stereocenters. The van der Waals surface area contributed by atoms with E-state index in [1.165, 1.54) is 17.2 Å². The van der Waals surface area contributed by atoms with Crippen LogP contribution in [0.2, 0.25) is 0 Å². The minimum absolute atomic E-state index is 0.0201. The molecule has 2 amide bonds. The molecule has 0 radical (unpaired) electrons. The molecule has 1 fully saturated rings. The van der Waals surface area contributed by atoms with Crippen molar-refractivity contribution in [3.63, 3.8) is 0 Å². The number of carbonyl (C=O) groups is 2. The molecule has 5 rings (SSSR count). The summed E-state index contributed by atoms with van der Waals surface area (Å²) in [5.74, 6) is 0.234. The number of hydrogen-bond donors (Lipinski definition) is 1. The van der Waals surface area contributed by atoms with Crippen molar-refractivity contribution < 1.29 is 22.8 Å². The highest BCUT2D eigenvalue weighted by Crippen LogP contribution is 2.27. The number of nitrogens with zero attached hydrogens (tertiary/aromatic N) is 5. The predicted molar refractivity (Wildman–Crippen MR) is 129 cm³/mol. The minimum atomic E-state index is -1.11. The molecule has 4 aromatic rings. The van der Waals surface area contributed by atoms with Crippen LogP contribution in [0.4, 0.5) is 4.39 Å². The summed E-state index contributed by atoms with van der Waals surface area (Å²) >= 11 is 0. The van der Waals surface area contributed by atoms with E-state index in [2.05, 4.69) is 20.7 Å². The van der Waals surface area contributed by atoms with Gasteiger partial charge in [0.15, 0.2) is 11.8 Å². The highest BCUT2D eigenvalue weighted by Gasteiger charge is 2.36. The molecule has 11 heteroatoms. The van der Waals surface area contributed by atoms with Gasteiger partial charge in [-0.3, -0.25) is 9.59 Å². The molecular weight excluding hydrogens is 479 g/mol. The summed E-state index contributed by atoms with van der Waals surface area (Å²) in [5.41, 5.74) is 0.263. The van der Waals surface area contributed by atoms with Crippen LogP contribution in [-0.4, -0.2) is 43.0 Å². The number of halogens is 1. The Balaban J connectivity index is 1.45. The van der Waals surface area contributed by atoms with Crippen LogP contribution in [0.5, 0.6) is 0 Å². The molecule has 192 valence electrons. The molecule has 0 saturated heterocycles. The minimum Gasteiger partial charge on any atom is -0.467 e. The first-order valence-corrected chi connectivity index (χ1v) is 12.2. The molecular formula is C26H27FN6O4. The Morgan fingerprint density at radius 1 is 1.16 bits per heavy atom. The summed E-state index contributed by atoms with van der Waals surface area (Å²) in [5, 5.41) is 15.2. The van der Waals surface area contributed by atoms with Crippen LogP contribution in [-0.2, 0) is 22.7 Å². The van der Waals surface area contributed by atoms with Gasteiger partial charge >= 0.3 is 0 Å². The van der Waals surface area contributed by atoms with Crippen molar-refractivity contribution in [3.8, 4) is 11.6 Å². The van der Waals surface area contributed by atoms with Crippen LogP contribution in [0.15, 0.2) is 63.6 Å². The van der Waals surface area contributed by atoms with Crippen molar-refractivity contribution in [2.24, 2.45) is 0 Å². The van der Waals surface area contributed by atoms with Crippen LogP contribution in [0.3, 0.4) is 0 Å². The molecule has 0 aliphatic heterocycles. The maximum absolute atomic E-state index is 14.7. The van der Waals surface area contributed by atoms with Gasteiger partial charge in [0.2, 0.25) is 11.7 Å². The Kier molecular flexibility index (Phi) is 7.11. The molecule has 37 heavy (non-hydrogen) atoms. The Bertz CT molecular complexity index is 1360. The number of aryl methyl sites for hydroxylation is 1. The molecule has 0 bridgehead atoms. The lowest BCUT2D eigenvalue weighted by Crippen LogP contribution is -2.46. The van der Waals surface area contributed by atoms with E-state index in [0.29, 0.717) is 11.5 Å². The van der Waals surface area contributed by atoms with Crippen LogP contribution in [0, 0.1) is 12.7 Å². The molecule has 1 aromatic carbocycles. The third kappa shape index (κ3) is 5.60. The fourth-order valence-corrected chi connectivity index (χ4v) is 4.53. The molecule has 0 spiro atoms. The largest absolute Gasteiger partial charge is 0.467 e. The first kappa shape index (κ1) is 24.4. The maximum Gasteiger partial charge on any atom is 0.250 e. The first-order chi connectivity index (χ1) is 18.0. The number of tetrazole rings is 1. The molecule has 1 N–H and O–H groups in total. The number of benzene rings is 1. The topological polar surface area (TPSA) is 119 Å². The normalized spacial score (nSPS) is 14.5. The average molecular weight is 507 g/mol. The molecule has 3 aromatic heterocycles. The lowest BCUT2D eigenvalue weighted by atomic mass is 10.1. The summed E-state index contributed by atoms with van der Waals surface area (Å²) in [4.78, 5) is 29.6. The van der Waals surface area contributed by atoms with Gasteiger partial charge in [-0.15, -0.1) is 10.2 Å². The van der Waals surface area contributed by atoms with E-state index in [0.717, 1.165) is 30.5 Å². The van der Waals surface area contributed by atoms with Crippen LogP contribution >= 0.6 is 0 Å². The van der Waals surface area contributed by atoms with E-state index in [4.69, 9.17) is 8.83 Å². The maximum atomic E-state index is 14.7. The number of rotatable bonds is 9. The number of carbonyl (C=O) groups excluding carboxylic acids is 2. The van der Waals surface area contributed by atoms with Gasteiger partial charge < -0.3 is 19.1 Å². The van der Waals surface area contributed by atoms with E-state index in [9.17, 15) is 14.0 Å². The van der Waals surface area contributed by atoms with Crippen molar-refractivity contribution in [3.05, 3.63) is 77.7 Å². The van der Waals surface area contributed by atoms with Gasteiger partial charge in [0.25, 0.3) is 5.91 Å². The molecule has 1 aliphatic carbocycles. The fourth-order valence-electron chi connectivity index (χ4n) is 4.53. The Hall–Kier alpha value is -4.28. The molecule has 1 saturated carbocycles. The summed E-state index contributed by atoms with van der Waals surface area (Å²) in [6.45, 7) is 1.31. The third-order valence-electron chi connectivity index (χ3n) is 6.38. The first-order valence-electron chi connectivity index (χ1n) is 12.2. The number of furan rings is 2. The van der Waals surface area contributed by atoms with Gasteiger partial charge in [0.05, 0.1) is 6.26 Å². The summed E-state index contributed by atoms with van der Waals surface area (Å²) < 4.78 is 25.8. The lowest BCUT2D eigenvalue weighted by Gasteiger charge is -2.30. The monoisotopic (exact) mass is 506 g/mol. The zero-order chi connectivity index (χ0) is 25.8. The van der Waals surface area contributed by atoms with E-state index >= 15 is 0 Å². The third-order valence-corrected chi connectivity index (χ3v) is 6.38. The smallest absolute Gasteiger partial charge is 0.250 e. The van der Waals surface area contributed by atoms with Gasteiger partial charge in [-0.05, 0) is 55.3 Å². The van der Waals surface area contributed by atoms with E-state index in [1.54, 1.807) is 49.4 Å². The molecule has 1 atom stereocenters. The SMILES string of the molecule is Cc1ccc(-c2nnn(CC(=O)N(Cc3ccccc3F)[C@H](C(=O)NC3CCCC3)c3ccco3)n2)o1. The van der Waals surface area contributed by atoms with Crippen molar-refractivity contribution in [2.75, 3.05) is 0 Å². The molecule has 1 aliphatic rings. The zero-order valence-electron chi connectivity index (χ0n) is 20.3. The van der Waals surface area contributed by atoms with Crippen molar-refractivity contribution in [1.82, 2.24) is 30.4 Å². The van der Waals surface area contributed by atoms with Crippen molar-refractivity contribution >= 4 is 11.8 Å². The highest BCUT2D eigenvalue weighted by molar-refractivity contribution is 5.88. The number of hydrogen-bond acceptors (Lipinski definition) is 7. The Labute approximate surface area is 212 Å². The van der Waals surface area contributed by atoms with E-state index < -0.39 is 17.8 Å². The summed E-state index contributed by atoms with van der Waals surface area (Å²) in [7, 11) is 0. The van der Waals surface area contributed by atoms with E-state index in [-0.39, 0.29) is 42.2 Å². The number of aromatic nitrogens is 4. The van der Waals surface area contributed by atoms with Crippen LogP contribution in [0.25, 0.3) is 11.6 Å². The van der Waals surface area contributed by atoms with Crippen LogP contribution < -0.4 is 5.32 Å². The van der Waals surface area contributed by atoms with Gasteiger partial charge in [-0.25, -0.2) is 4.39 Å². The van der Waals surface area contributed by atoms with Gasteiger partial charge in [0.1, 0.15) is 23.9 Å². The average Bonchev–Trinajstić information content (AvgIpc) is 3.69. The van der Waals surface area contributed by atoms with Crippen molar-refractivity contribution in [1.29, 1.82) is 0 Å². The second-order valence-corrected chi connectivity index (χ2v) is 9.07. The van der Waals surface area contributed by atoms with Crippen LogP contribution in [0.1, 0.15) is 48.8 Å². The summed E-state index contributed by atoms with van der Waals surface area (Å²) in [6.07, 6.45) is 5.24. The van der Waals surface area contributed by atoms with Gasteiger partial charge in [-0.1, -0.05) is 31.0 Å². The Morgan fingerprint density at radius 2 is 1.97 bits per heavy atom. The lowest BCUT2D eigenvalue weighted by molar-refractivity contribution is -0.143. The fraction of sp³-hybridized carbons (Fsp3) is 0.346. The second kappa shape index (κ2) is 10.8. The Morgan fingerprint density at radius 3 is 2.68 bits per heavy atom. The quantitative estimate of drug-likeness (QED) is 0.367. The standard InChI is InChI=1S/C26H27FN6O4/c1-17-12-13-22(37-17)25-29-31-33(30-25)16-23(34)32(15-18-7-2-5-10-20(18)27)24(21-11-6-14-36-21)26(35)28-19-8-3-4-9-19/h2,5-7,10-14,19,24H,3-4,8-9,15-16H2,1H3,(H,28,35)/t24-/m0/s1.